The third-order valence-corrected chi connectivity index (χ3v) is 9.97. The van der Waals surface area contributed by atoms with E-state index in [1.54, 1.807) is 34.5 Å². The van der Waals surface area contributed by atoms with Gasteiger partial charge in [0.2, 0.25) is 11.5 Å². The largest absolute Gasteiger partial charge is 0.504 e. The maximum Gasteiger partial charge on any atom is 0.204 e. The van der Waals surface area contributed by atoms with E-state index in [1.165, 1.54) is 0 Å². The summed E-state index contributed by atoms with van der Waals surface area (Å²) >= 11 is 0. The summed E-state index contributed by atoms with van der Waals surface area (Å²) in [5.41, 5.74) is 6.61. The molecule has 0 unspecified atom stereocenters. The van der Waals surface area contributed by atoms with E-state index in [4.69, 9.17) is 28.4 Å². The highest BCUT2D eigenvalue weighted by molar-refractivity contribution is 5.66. The normalized spacial score (nSPS) is 19.0. The summed E-state index contributed by atoms with van der Waals surface area (Å²) in [5, 5.41) is 10.8. The zero-order chi connectivity index (χ0) is 32.8. The first-order valence-corrected chi connectivity index (χ1v) is 16.1. The fourth-order valence-corrected chi connectivity index (χ4v) is 7.43. The van der Waals surface area contributed by atoms with Gasteiger partial charge in [0, 0.05) is 36.3 Å². The zero-order valence-electron chi connectivity index (χ0n) is 27.9. The number of nitrogens with zero attached hydrogens (tertiary/aromatic N) is 2. The molecule has 0 radical (unpaired) electrons. The van der Waals surface area contributed by atoms with Crippen molar-refractivity contribution in [3.05, 3.63) is 88.0 Å². The predicted molar refractivity (Wildman–Crippen MR) is 179 cm³/mol. The fourth-order valence-electron chi connectivity index (χ4n) is 7.43. The van der Waals surface area contributed by atoms with Crippen LogP contribution < -0.4 is 28.4 Å². The molecule has 246 valence electrons. The number of ether oxygens (including phenoxy) is 6. The molecule has 4 aromatic carbocycles. The molecule has 0 aromatic heterocycles. The molecule has 0 aliphatic carbocycles. The highest BCUT2D eigenvalue weighted by Crippen LogP contribution is 2.53. The summed E-state index contributed by atoms with van der Waals surface area (Å²) in [4.78, 5) is 4.72. The lowest BCUT2D eigenvalue weighted by Gasteiger charge is -2.37. The van der Waals surface area contributed by atoms with Gasteiger partial charge in [-0.15, -0.1) is 0 Å². The van der Waals surface area contributed by atoms with E-state index >= 15 is 0 Å². The van der Waals surface area contributed by atoms with Crippen LogP contribution in [0.25, 0.3) is 0 Å². The van der Waals surface area contributed by atoms with Gasteiger partial charge in [0.15, 0.2) is 34.5 Å². The number of likely N-dealkylation sites (N-methyl/N-ethyl adjacent to an activating group) is 2. The van der Waals surface area contributed by atoms with Crippen LogP contribution in [0.15, 0.2) is 54.6 Å². The van der Waals surface area contributed by atoms with Crippen molar-refractivity contribution in [2.24, 2.45) is 0 Å². The van der Waals surface area contributed by atoms with Crippen molar-refractivity contribution in [2.75, 3.05) is 55.6 Å². The maximum atomic E-state index is 10.8. The van der Waals surface area contributed by atoms with Crippen molar-refractivity contribution in [3.63, 3.8) is 0 Å². The fraction of sp³-hybridized carbons (Fsp3) is 0.368. The van der Waals surface area contributed by atoms with E-state index in [2.05, 4.69) is 48.2 Å². The Morgan fingerprint density at radius 1 is 0.638 bits per heavy atom. The van der Waals surface area contributed by atoms with Crippen LogP contribution in [-0.2, 0) is 25.7 Å². The summed E-state index contributed by atoms with van der Waals surface area (Å²) < 4.78 is 37.2. The Morgan fingerprint density at radius 2 is 1.26 bits per heavy atom. The molecule has 4 heterocycles. The number of hydrogen-bond acceptors (Lipinski definition) is 9. The molecule has 4 aromatic rings. The van der Waals surface area contributed by atoms with Gasteiger partial charge >= 0.3 is 0 Å². The molecule has 0 spiro atoms. The van der Waals surface area contributed by atoms with E-state index < -0.39 is 0 Å². The van der Waals surface area contributed by atoms with Gasteiger partial charge in [0.05, 0.1) is 28.4 Å². The van der Waals surface area contributed by atoms with Gasteiger partial charge in [-0.2, -0.15) is 0 Å². The van der Waals surface area contributed by atoms with Gasteiger partial charge < -0.3 is 33.5 Å². The first-order valence-electron chi connectivity index (χ1n) is 16.1. The Labute approximate surface area is 276 Å². The summed E-state index contributed by atoms with van der Waals surface area (Å²) in [5.74, 6) is 4.75. The second kappa shape index (κ2) is 12.5. The van der Waals surface area contributed by atoms with Crippen molar-refractivity contribution >= 4 is 0 Å². The Balaban J connectivity index is 1.48. The van der Waals surface area contributed by atoms with Crippen LogP contribution in [0.3, 0.4) is 0 Å². The molecule has 4 aliphatic heterocycles. The van der Waals surface area contributed by atoms with E-state index in [-0.39, 0.29) is 17.8 Å². The predicted octanol–water partition coefficient (Wildman–Crippen LogP) is 6.87. The Morgan fingerprint density at radius 3 is 1.91 bits per heavy atom. The Bertz CT molecular complexity index is 1810. The number of phenolic OH excluding ortho intramolecular Hbond substituents is 1. The van der Waals surface area contributed by atoms with E-state index in [0.717, 1.165) is 65.7 Å². The van der Waals surface area contributed by atoms with Crippen molar-refractivity contribution in [1.82, 2.24) is 9.80 Å². The Kier molecular flexibility index (Phi) is 8.28. The molecule has 0 saturated heterocycles. The quantitative estimate of drug-likeness (QED) is 0.258. The maximum absolute atomic E-state index is 10.8. The number of methoxy groups -OCH3 is 4. The first-order chi connectivity index (χ1) is 22.8. The molecule has 0 saturated carbocycles. The van der Waals surface area contributed by atoms with Crippen LogP contribution in [0.4, 0.5) is 0 Å². The smallest absolute Gasteiger partial charge is 0.204 e. The lowest BCUT2D eigenvalue weighted by molar-refractivity contribution is 0.222. The van der Waals surface area contributed by atoms with Crippen LogP contribution in [0.1, 0.15) is 45.5 Å². The molecule has 10 bridgehead atoms. The number of phenols is 1. The highest BCUT2D eigenvalue weighted by Gasteiger charge is 2.35. The number of rotatable bonds is 4. The molecular formula is C38H42N2O7. The third kappa shape index (κ3) is 5.47. The van der Waals surface area contributed by atoms with Crippen molar-refractivity contribution < 1.29 is 33.5 Å². The SMILES string of the molecule is COc1cc2c3c(c1OC)Oc1cc4c(c(OC)c1OC)CCN(C)[C@H]4Cc1ccc(O)c(c1)Oc1ccc(cc1)C[C@@H]2N(C)CC3. The standard InChI is InChI=1S/C38H42N2O7/c1-39-16-14-26-27-20-33(42-3)37(44-5)36(26)47-34-21-28-25(35(43-4)38(34)45-6)13-15-40(2)30(28)18-23-9-12-31(41)32(19-23)46-24-10-7-22(8-11-24)17-29(27)39/h7-12,19-21,29-30,41H,13-18H2,1-6H3/t29-,30-/m0/s1. The molecule has 8 rings (SSSR count). The molecule has 0 amide bonds. The van der Waals surface area contributed by atoms with Crippen LogP contribution in [0, 0.1) is 0 Å². The zero-order valence-corrected chi connectivity index (χ0v) is 27.9. The average molecular weight is 639 g/mol. The van der Waals surface area contributed by atoms with E-state index in [0.29, 0.717) is 52.4 Å². The molecule has 2 atom stereocenters. The summed E-state index contributed by atoms with van der Waals surface area (Å²) in [6, 6.07) is 17.9. The third-order valence-electron chi connectivity index (χ3n) is 9.97. The van der Waals surface area contributed by atoms with Gasteiger partial charge in [-0.05, 0) is 98.4 Å². The van der Waals surface area contributed by atoms with Gasteiger partial charge in [0.1, 0.15) is 5.75 Å². The molecule has 1 N–H and O–H groups in total. The topological polar surface area (TPSA) is 82.1 Å². The molecular weight excluding hydrogens is 596 g/mol. The first kappa shape index (κ1) is 31.0. The summed E-state index contributed by atoms with van der Waals surface area (Å²) in [6.07, 6.45) is 3.02. The molecule has 47 heavy (non-hydrogen) atoms. The van der Waals surface area contributed by atoms with E-state index in [9.17, 15) is 5.11 Å². The van der Waals surface area contributed by atoms with Crippen molar-refractivity contribution in [2.45, 2.75) is 37.8 Å². The average Bonchev–Trinajstić information content (AvgIpc) is 3.08. The van der Waals surface area contributed by atoms with Crippen molar-refractivity contribution in [3.8, 4) is 51.7 Å². The van der Waals surface area contributed by atoms with Gasteiger partial charge in [-0.3, -0.25) is 9.80 Å². The lowest BCUT2D eigenvalue weighted by Crippen LogP contribution is -2.34. The minimum atomic E-state index is -0.00110. The van der Waals surface area contributed by atoms with Crippen LogP contribution in [-0.4, -0.2) is 70.5 Å². The molecule has 0 fully saturated rings. The number of aromatic hydroxyl groups is 1. The van der Waals surface area contributed by atoms with Gasteiger partial charge in [0.25, 0.3) is 0 Å². The summed E-state index contributed by atoms with van der Waals surface area (Å²) in [7, 11) is 10.9. The number of hydrogen-bond donors (Lipinski definition) is 1. The lowest BCUT2D eigenvalue weighted by atomic mass is 9.87. The summed E-state index contributed by atoms with van der Waals surface area (Å²) in [6.45, 7) is 1.69. The van der Waals surface area contributed by atoms with Gasteiger partial charge in [-0.1, -0.05) is 18.2 Å². The minimum Gasteiger partial charge on any atom is -0.504 e. The Hall–Kier alpha value is -4.60. The monoisotopic (exact) mass is 638 g/mol. The number of fused-ring (bicyclic) bond motifs is 2. The second-order valence-electron chi connectivity index (χ2n) is 12.6. The molecule has 4 aliphatic rings. The van der Waals surface area contributed by atoms with E-state index in [1.807, 2.05) is 24.3 Å². The molecule has 9 nitrogen and oxygen atoms in total. The van der Waals surface area contributed by atoms with Gasteiger partial charge in [-0.25, -0.2) is 0 Å². The molecule has 9 heteroatoms. The highest BCUT2D eigenvalue weighted by atomic mass is 16.6. The van der Waals surface area contributed by atoms with Crippen LogP contribution >= 0.6 is 0 Å². The van der Waals surface area contributed by atoms with Crippen LogP contribution in [0.2, 0.25) is 0 Å². The van der Waals surface area contributed by atoms with Crippen molar-refractivity contribution in [1.29, 1.82) is 0 Å². The minimum absolute atomic E-state index is 0.00110. The number of benzene rings is 4. The second-order valence-corrected chi connectivity index (χ2v) is 12.6. The van der Waals surface area contributed by atoms with Crippen LogP contribution in [0.5, 0.6) is 51.7 Å².